The topological polar surface area (TPSA) is 43.6 Å². The molecule has 0 aliphatic carbocycles. The standard InChI is InChI=1S/C11H12NO2/c13-7-2-8-14-11-4-1-3-10-9(11)5-6-12-10/h1,3-6,13H,2,7-8H2. The number of aliphatic hydroxyl groups excluding tert-OH is 1. The molecule has 0 fully saturated rings. The van der Waals surface area contributed by atoms with Crippen molar-refractivity contribution in [1.82, 2.24) is 5.32 Å². The van der Waals surface area contributed by atoms with Crippen molar-refractivity contribution in [2.24, 2.45) is 0 Å². The molecule has 0 bridgehead atoms. The van der Waals surface area contributed by atoms with Crippen LogP contribution >= 0.6 is 0 Å². The third kappa shape index (κ3) is 1.72. The van der Waals surface area contributed by atoms with Crippen LogP contribution in [-0.4, -0.2) is 18.3 Å². The zero-order valence-corrected chi connectivity index (χ0v) is 7.81. The Hall–Kier alpha value is -1.48. The van der Waals surface area contributed by atoms with E-state index in [0.717, 1.165) is 17.0 Å². The Morgan fingerprint density at radius 1 is 1.36 bits per heavy atom. The maximum atomic E-state index is 8.63. The molecule has 0 aromatic heterocycles. The lowest BCUT2D eigenvalue weighted by Crippen LogP contribution is -2.00. The first-order valence-electron chi connectivity index (χ1n) is 4.66. The van der Waals surface area contributed by atoms with E-state index in [0.29, 0.717) is 13.0 Å². The van der Waals surface area contributed by atoms with Gasteiger partial charge in [-0.05, 0) is 18.2 Å². The molecule has 0 unspecified atom stereocenters. The summed E-state index contributed by atoms with van der Waals surface area (Å²) in [5, 5.41) is 12.8. The van der Waals surface area contributed by atoms with Crippen LogP contribution in [0.3, 0.4) is 0 Å². The minimum Gasteiger partial charge on any atom is -0.493 e. The Morgan fingerprint density at radius 3 is 3.14 bits per heavy atom. The van der Waals surface area contributed by atoms with Gasteiger partial charge >= 0.3 is 0 Å². The Morgan fingerprint density at radius 2 is 2.29 bits per heavy atom. The van der Waals surface area contributed by atoms with Crippen LogP contribution < -0.4 is 10.1 Å². The second-order valence-electron chi connectivity index (χ2n) is 3.06. The molecule has 0 saturated carbocycles. The summed E-state index contributed by atoms with van der Waals surface area (Å²) in [7, 11) is 0. The molecule has 73 valence electrons. The highest BCUT2D eigenvalue weighted by Crippen LogP contribution is 2.31. The molecule has 3 heteroatoms. The van der Waals surface area contributed by atoms with E-state index in [4.69, 9.17) is 9.84 Å². The van der Waals surface area contributed by atoms with Gasteiger partial charge in [0.25, 0.3) is 0 Å². The number of rotatable bonds is 4. The van der Waals surface area contributed by atoms with E-state index in [1.54, 1.807) is 6.20 Å². The van der Waals surface area contributed by atoms with Gasteiger partial charge in [-0.1, -0.05) is 6.07 Å². The monoisotopic (exact) mass is 190 g/mol. The maximum Gasteiger partial charge on any atom is 0.128 e. The van der Waals surface area contributed by atoms with Crippen molar-refractivity contribution >= 4 is 11.8 Å². The number of nitrogens with zero attached hydrogens (tertiary/aromatic N) is 1. The highest BCUT2D eigenvalue weighted by molar-refractivity contribution is 5.73. The van der Waals surface area contributed by atoms with Crippen LogP contribution in [-0.2, 0) is 0 Å². The molecular weight excluding hydrogens is 178 g/mol. The SMILES string of the molecule is OCCCOc1cccc2c1C=C[N]2. The predicted molar refractivity (Wildman–Crippen MR) is 54.5 cm³/mol. The summed E-state index contributed by atoms with van der Waals surface area (Å²) >= 11 is 0. The van der Waals surface area contributed by atoms with Gasteiger partial charge in [0.1, 0.15) is 5.75 Å². The van der Waals surface area contributed by atoms with Gasteiger partial charge in [0.15, 0.2) is 0 Å². The minimum absolute atomic E-state index is 0.162. The number of hydrogen-bond acceptors (Lipinski definition) is 2. The summed E-state index contributed by atoms with van der Waals surface area (Å²) < 4.78 is 5.52. The number of hydrogen-bond donors (Lipinski definition) is 1. The van der Waals surface area contributed by atoms with E-state index in [-0.39, 0.29) is 6.61 Å². The van der Waals surface area contributed by atoms with Gasteiger partial charge in [-0.25, -0.2) is 0 Å². The molecular formula is C11H12NO2. The molecule has 1 aromatic carbocycles. The zero-order chi connectivity index (χ0) is 9.80. The van der Waals surface area contributed by atoms with E-state index in [1.807, 2.05) is 24.3 Å². The van der Waals surface area contributed by atoms with Crippen LogP contribution in [0.2, 0.25) is 0 Å². The molecule has 0 spiro atoms. The van der Waals surface area contributed by atoms with E-state index < -0.39 is 0 Å². The molecule has 0 saturated heterocycles. The van der Waals surface area contributed by atoms with Crippen LogP contribution in [0.15, 0.2) is 24.4 Å². The average Bonchev–Trinajstić information content (AvgIpc) is 2.67. The summed E-state index contributed by atoms with van der Waals surface area (Å²) in [6.45, 7) is 0.704. The fourth-order valence-electron chi connectivity index (χ4n) is 1.38. The first-order chi connectivity index (χ1) is 6.92. The number of fused-ring (bicyclic) bond motifs is 1. The Kier molecular flexibility index (Phi) is 2.70. The van der Waals surface area contributed by atoms with E-state index in [9.17, 15) is 0 Å². The average molecular weight is 190 g/mol. The molecule has 1 N–H and O–H groups in total. The van der Waals surface area contributed by atoms with Gasteiger partial charge in [-0.15, -0.1) is 0 Å². The summed E-state index contributed by atoms with van der Waals surface area (Å²) in [6.07, 6.45) is 4.36. The van der Waals surface area contributed by atoms with Crippen molar-refractivity contribution in [1.29, 1.82) is 0 Å². The van der Waals surface area contributed by atoms with Gasteiger partial charge < -0.3 is 9.84 Å². The summed E-state index contributed by atoms with van der Waals surface area (Å²) in [5.41, 5.74) is 1.98. The highest BCUT2D eigenvalue weighted by atomic mass is 16.5. The maximum absolute atomic E-state index is 8.63. The summed E-state index contributed by atoms with van der Waals surface area (Å²) in [4.78, 5) is 0. The van der Waals surface area contributed by atoms with Gasteiger partial charge in [0, 0.05) is 24.8 Å². The van der Waals surface area contributed by atoms with Crippen molar-refractivity contribution in [3.63, 3.8) is 0 Å². The molecule has 1 aromatic rings. The summed E-state index contributed by atoms with van der Waals surface area (Å²) in [6, 6.07) is 5.79. The molecule has 14 heavy (non-hydrogen) atoms. The largest absolute Gasteiger partial charge is 0.493 e. The zero-order valence-electron chi connectivity index (χ0n) is 7.81. The van der Waals surface area contributed by atoms with Crippen LogP contribution in [0.1, 0.15) is 12.0 Å². The Bertz CT molecular complexity index is 347. The van der Waals surface area contributed by atoms with Crippen LogP contribution in [0.4, 0.5) is 5.69 Å². The van der Waals surface area contributed by atoms with Crippen LogP contribution in [0, 0.1) is 0 Å². The molecule has 0 atom stereocenters. The lowest BCUT2D eigenvalue weighted by Gasteiger charge is -2.08. The predicted octanol–water partition coefficient (Wildman–Crippen LogP) is 1.67. The van der Waals surface area contributed by atoms with Gasteiger partial charge in [0.05, 0.1) is 12.3 Å². The minimum atomic E-state index is 0.162. The number of aliphatic hydroxyl groups is 1. The number of benzene rings is 1. The van der Waals surface area contributed by atoms with Crippen LogP contribution in [0.25, 0.3) is 6.08 Å². The second kappa shape index (κ2) is 4.15. The van der Waals surface area contributed by atoms with Crippen molar-refractivity contribution < 1.29 is 9.84 Å². The molecule has 1 heterocycles. The molecule has 1 aliphatic heterocycles. The van der Waals surface area contributed by atoms with E-state index in [2.05, 4.69) is 5.32 Å². The third-order valence-corrected chi connectivity index (χ3v) is 2.06. The fraction of sp³-hybridized carbons (Fsp3) is 0.273. The lowest BCUT2D eigenvalue weighted by molar-refractivity contribution is 0.233. The molecule has 0 amide bonds. The Balaban J connectivity index is 2.10. The first-order valence-corrected chi connectivity index (χ1v) is 4.66. The van der Waals surface area contributed by atoms with Crippen molar-refractivity contribution in [2.75, 3.05) is 13.2 Å². The highest BCUT2D eigenvalue weighted by Gasteiger charge is 2.10. The van der Waals surface area contributed by atoms with Gasteiger partial charge in [0.2, 0.25) is 0 Å². The van der Waals surface area contributed by atoms with Crippen molar-refractivity contribution in [2.45, 2.75) is 6.42 Å². The van der Waals surface area contributed by atoms with Gasteiger partial charge in [-0.3, -0.25) is 5.32 Å². The number of ether oxygens (including phenoxy) is 1. The molecule has 1 aliphatic rings. The van der Waals surface area contributed by atoms with E-state index in [1.165, 1.54) is 0 Å². The first kappa shape index (κ1) is 9.09. The normalized spacial score (nSPS) is 12.4. The fourth-order valence-corrected chi connectivity index (χ4v) is 1.38. The van der Waals surface area contributed by atoms with E-state index >= 15 is 0 Å². The second-order valence-corrected chi connectivity index (χ2v) is 3.06. The quantitative estimate of drug-likeness (QED) is 0.734. The van der Waals surface area contributed by atoms with Crippen molar-refractivity contribution in [3.8, 4) is 5.75 Å². The smallest absolute Gasteiger partial charge is 0.128 e. The molecule has 1 radical (unpaired) electrons. The van der Waals surface area contributed by atoms with Crippen molar-refractivity contribution in [3.05, 3.63) is 30.0 Å². The lowest BCUT2D eigenvalue weighted by atomic mass is 10.2. The molecule has 3 nitrogen and oxygen atoms in total. The van der Waals surface area contributed by atoms with Gasteiger partial charge in [-0.2, -0.15) is 0 Å². The summed E-state index contributed by atoms with van der Waals surface area (Å²) in [5.74, 6) is 0.841. The molecule has 2 rings (SSSR count). The Labute approximate surface area is 83.0 Å². The third-order valence-electron chi connectivity index (χ3n) is 2.06. The van der Waals surface area contributed by atoms with Crippen LogP contribution in [0.5, 0.6) is 5.75 Å².